The minimum absolute atomic E-state index is 0.00106. The maximum absolute atomic E-state index is 13.3. The van der Waals surface area contributed by atoms with Gasteiger partial charge in [-0.25, -0.2) is 0 Å². The third kappa shape index (κ3) is 1.23. The van der Waals surface area contributed by atoms with Crippen molar-refractivity contribution in [3.05, 3.63) is 36.0 Å². The lowest BCUT2D eigenvalue weighted by Crippen LogP contribution is -2.73. The van der Waals surface area contributed by atoms with Crippen LogP contribution >= 0.6 is 0 Å². The van der Waals surface area contributed by atoms with Gasteiger partial charge < -0.3 is 4.74 Å². The van der Waals surface area contributed by atoms with Crippen LogP contribution < -0.4 is 0 Å². The summed E-state index contributed by atoms with van der Waals surface area (Å²) in [5.41, 5.74) is 1.40. The van der Waals surface area contributed by atoms with E-state index in [2.05, 4.69) is 20.1 Å². The lowest BCUT2D eigenvalue weighted by Gasteiger charge is -2.71. The summed E-state index contributed by atoms with van der Waals surface area (Å²) < 4.78 is 6.05. The van der Waals surface area contributed by atoms with Crippen LogP contribution in [0.1, 0.15) is 32.6 Å². The Bertz CT molecular complexity index is 730. The van der Waals surface area contributed by atoms with Crippen LogP contribution in [0.4, 0.5) is 0 Å². The maximum Gasteiger partial charge on any atom is 0.177 e. The molecule has 0 aromatic heterocycles. The lowest BCUT2D eigenvalue weighted by molar-refractivity contribution is -0.215. The summed E-state index contributed by atoms with van der Waals surface area (Å²) in [4.78, 5) is 26.2. The monoisotopic (exact) mass is 310 g/mol. The normalized spacial score (nSPS) is 50.7. The molecular formula is C20H22O3. The molecule has 1 heterocycles. The first-order chi connectivity index (χ1) is 10.9. The van der Waals surface area contributed by atoms with Gasteiger partial charge in [0, 0.05) is 22.8 Å². The molecule has 0 aromatic carbocycles. The zero-order valence-electron chi connectivity index (χ0n) is 13.6. The molecule has 1 aliphatic heterocycles. The highest BCUT2D eigenvalue weighted by molar-refractivity contribution is 6.24. The second-order valence-corrected chi connectivity index (χ2v) is 8.68. The molecule has 4 fully saturated rings. The molecule has 0 aromatic rings. The largest absolute Gasteiger partial charge is 0.380 e. The maximum atomic E-state index is 13.3. The van der Waals surface area contributed by atoms with Crippen molar-refractivity contribution in [2.24, 2.45) is 28.1 Å². The average molecular weight is 310 g/mol. The van der Waals surface area contributed by atoms with Crippen LogP contribution in [0, 0.1) is 28.1 Å². The standard InChI is InChI=1S/C20H22O3/c1-11-7-13-8-20(16(11)21)15(13)19-6-4-5-18(3,9-23-10-19)14(19)12(2)17(20)22/h7,14-15H,1-2,4-6,8-10H2,3H3/t14?,15?,18-,19-,20-/m0/s1. The van der Waals surface area contributed by atoms with E-state index in [0.717, 1.165) is 19.3 Å². The molecule has 5 atom stereocenters. The summed E-state index contributed by atoms with van der Waals surface area (Å²) in [5, 5.41) is 0. The van der Waals surface area contributed by atoms with Crippen molar-refractivity contribution in [1.82, 2.24) is 0 Å². The second-order valence-electron chi connectivity index (χ2n) is 8.68. The highest BCUT2D eigenvalue weighted by Gasteiger charge is 2.76. The Balaban J connectivity index is 1.78. The summed E-state index contributed by atoms with van der Waals surface area (Å²) in [5.74, 6) is 0.123. The molecule has 0 N–H and O–H groups in total. The highest BCUT2D eigenvalue weighted by atomic mass is 16.5. The van der Waals surface area contributed by atoms with E-state index in [1.165, 1.54) is 5.57 Å². The number of Topliss-reactive ketones (excluding diaryl/α,β-unsaturated/α-hetero) is 2. The van der Waals surface area contributed by atoms with Crippen molar-refractivity contribution >= 4 is 11.6 Å². The van der Waals surface area contributed by atoms with E-state index in [1.54, 1.807) is 0 Å². The summed E-state index contributed by atoms with van der Waals surface area (Å²) >= 11 is 0. The van der Waals surface area contributed by atoms with Crippen molar-refractivity contribution in [3.8, 4) is 0 Å². The molecule has 3 nitrogen and oxygen atoms in total. The third-order valence-electron chi connectivity index (χ3n) is 7.49. The molecule has 1 spiro atoms. The Morgan fingerprint density at radius 1 is 1.13 bits per heavy atom. The molecule has 4 bridgehead atoms. The zero-order valence-corrected chi connectivity index (χ0v) is 13.6. The van der Waals surface area contributed by atoms with Crippen LogP contribution in [0.15, 0.2) is 36.0 Å². The Morgan fingerprint density at radius 3 is 2.70 bits per heavy atom. The minimum atomic E-state index is -0.895. The Kier molecular flexibility index (Phi) is 2.28. The molecule has 6 rings (SSSR count). The van der Waals surface area contributed by atoms with Gasteiger partial charge >= 0.3 is 0 Å². The van der Waals surface area contributed by atoms with Crippen LogP contribution in [0.3, 0.4) is 0 Å². The van der Waals surface area contributed by atoms with E-state index in [1.807, 2.05) is 6.08 Å². The van der Waals surface area contributed by atoms with Crippen LogP contribution in [-0.2, 0) is 14.3 Å². The minimum Gasteiger partial charge on any atom is -0.380 e. The average Bonchev–Trinajstić information content (AvgIpc) is 2.45. The summed E-state index contributed by atoms with van der Waals surface area (Å²) in [6.45, 7) is 11.7. The quantitative estimate of drug-likeness (QED) is 0.510. The smallest absolute Gasteiger partial charge is 0.177 e. The van der Waals surface area contributed by atoms with E-state index < -0.39 is 5.41 Å². The predicted octanol–water partition coefficient (Wildman–Crippen LogP) is 3.02. The van der Waals surface area contributed by atoms with Gasteiger partial charge in [0.2, 0.25) is 0 Å². The molecule has 23 heavy (non-hydrogen) atoms. The molecule has 120 valence electrons. The van der Waals surface area contributed by atoms with Gasteiger partial charge in [-0.1, -0.05) is 38.2 Å². The fraction of sp³-hybridized carbons (Fsp3) is 0.600. The van der Waals surface area contributed by atoms with Gasteiger partial charge in [-0.05, 0) is 30.3 Å². The first-order valence-corrected chi connectivity index (χ1v) is 8.62. The number of fused-ring (bicyclic) bond motifs is 2. The van der Waals surface area contributed by atoms with Crippen LogP contribution in [0.25, 0.3) is 0 Å². The van der Waals surface area contributed by atoms with Gasteiger partial charge in [-0.15, -0.1) is 0 Å². The van der Waals surface area contributed by atoms with Crippen LogP contribution in [0.5, 0.6) is 0 Å². The Morgan fingerprint density at radius 2 is 1.91 bits per heavy atom. The van der Waals surface area contributed by atoms with Gasteiger partial charge in [-0.3, -0.25) is 9.59 Å². The molecule has 3 heteroatoms. The predicted molar refractivity (Wildman–Crippen MR) is 85.6 cm³/mol. The van der Waals surface area contributed by atoms with Gasteiger partial charge in [0.05, 0.1) is 13.2 Å². The first kappa shape index (κ1) is 13.9. The molecule has 0 radical (unpaired) electrons. The molecule has 0 amide bonds. The SMILES string of the molecule is C=C1C=C2C[C@]3(C1=O)C(=O)C(=C)C1[C@@]4(C)CCC[C@@]1(COC4)C23. The molecule has 6 aliphatic rings. The van der Waals surface area contributed by atoms with Crippen LogP contribution in [-0.4, -0.2) is 24.8 Å². The van der Waals surface area contributed by atoms with E-state index in [-0.39, 0.29) is 34.2 Å². The number of allylic oxidation sites excluding steroid dienone is 4. The Hall–Kier alpha value is -1.48. The molecule has 5 aliphatic carbocycles. The van der Waals surface area contributed by atoms with E-state index in [4.69, 9.17) is 4.74 Å². The number of ketones is 2. The molecule has 1 saturated heterocycles. The number of carbonyl (C=O) groups is 2. The van der Waals surface area contributed by atoms with Crippen molar-refractivity contribution in [1.29, 1.82) is 0 Å². The molecule has 3 saturated carbocycles. The number of carbonyl (C=O) groups excluding carboxylic acids is 2. The summed E-state index contributed by atoms with van der Waals surface area (Å²) in [6.07, 6.45) is 5.78. The number of ether oxygens (including phenoxy) is 1. The fourth-order valence-electron chi connectivity index (χ4n) is 6.98. The van der Waals surface area contributed by atoms with Crippen LogP contribution in [0.2, 0.25) is 0 Å². The highest BCUT2D eigenvalue weighted by Crippen LogP contribution is 2.75. The summed E-state index contributed by atoms with van der Waals surface area (Å²) in [6, 6.07) is 0. The van der Waals surface area contributed by atoms with Crippen molar-refractivity contribution < 1.29 is 14.3 Å². The fourth-order valence-corrected chi connectivity index (χ4v) is 6.98. The summed E-state index contributed by atoms with van der Waals surface area (Å²) in [7, 11) is 0. The third-order valence-corrected chi connectivity index (χ3v) is 7.49. The first-order valence-electron chi connectivity index (χ1n) is 8.62. The molecule has 2 unspecified atom stereocenters. The lowest BCUT2D eigenvalue weighted by atomic mass is 9.32. The van der Waals surface area contributed by atoms with Gasteiger partial charge in [0.1, 0.15) is 5.41 Å². The van der Waals surface area contributed by atoms with Crippen molar-refractivity contribution in [2.75, 3.05) is 13.2 Å². The number of rotatable bonds is 0. The van der Waals surface area contributed by atoms with Gasteiger partial charge in [0.25, 0.3) is 0 Å². The van der Waals surface area contributed by atoms with Gasteiger partial charge in [-0.2, -0.15) is 0 Å². The van der Waals surface area contributed by atoms with Gasteiger partial charge in [0.15, 0.2) is 11.6 Å². The number of hydrogen-bond acceptors (Lipinski definition) is 3. The molecular weight excluding hydrogens is 288 g/mol. The zero-order chi connectivity index (χ0) is 16.2. The number of hydrogen-bond donors (Lipinski definition) is 0. The second kappa shape index (κ2) is 3.77. The van der Waals surface area contributed by atoms with E-state index in [9.17, 15) is 9.59 Å². The topological polar surface area (TPSA) is 43.4 Å². The van der Waals surface area contributed by atoms with E-state index >= 15 is 0 Å². The van der Waals surface area contributed by atoms with E-state index in [0.29, 0.717) is 30.8 Å². The van der Waals surface area contributed by atoms with Crippen molar-refractivity contribution in [3.63, 3.8) is 0 Å². The van der Waals surface area contributed by atoms with Crippen molar-refractivity contribution in [2.45, 2.75) is 32.6 Å². The Labute approximate surface area is 136 Å².